The number of hydrogen-bond acceptors (Lipinski definition) is 3. The van der Waals surface area contributed by atoms with Crippen LogP contribution in [0.4, 0.5) is 13.2 Å². The molecule has 2 N–H and O–H groups in total. The van der Waals surface area contributed by atoms with E-state index in [4.69, 9.17) is 0 Å². The maximum Gasteiger partial charge on any atom is 0.401 e. The molecular formula is C12H21F3N2O2. The Morgan fingerprint density at radius 3 is 2.53 bits per heavy atom. The van der Waals surface area contributed by atoms with Gasteiger partial charge in [0.15, 0.2) is 0 Å². The lowest BCUT2D eigenvalue weighted by molar-refractivity contribution is -0.151. The van der Waals surface area contributed by atoms with E-state index in [0.29, 0.717) is 25.8 Å². The molecule has 19 heavy (non-hydrogen) atoms. The predicted octanol–water partition coefficient (Wildman–Crippen LogP) is 1.86. The van der Waals surface area contributed by atoms with Crippen molar-refractivity contribution in [3.63, 3.8) is 0 Å². The van der Waals surface area contributed by atoms with Crippen LogP contribution in [0.25, 0.3) is 0 Å². The summed E-state index contributed by atoms with van der Waals surface area (Å²) in [6.45, 7) is 1.19. The van der Waals surface area contributed by atoms with Crippen molar-refractivity contribution < 1.29 is 23.1 Å². The summed E-state index contributed by atoms with van der Waals surface area (Å²) >= 11 is 0. The van der Waals surface area contributed by atoms with E-state index in [-0.39, 0.29) is 12.5 Å². The molecule has 1 aliphatic rings. The zero-order valence-electron chi connectivity index (χ0n) is 11.3. The van der Waals surface area contributed by atoms with Gasteiger partial charge in [0.25, 0.3) is 0 Å². The molecule has 1 aliphatic carbocycles. The Morgan fingerprint density at radius 2 is 2.16 bits per heavy atom. The monoisotopic (exact) mass is 282 g/mol. The van der Waals surface area contributed by atoms with Gasteiger partial charge in [0.2, 0.25) is 0 Å². The zero-order chi connectivity index (χ0) is 14.7. The third-order valence-electron chi connectivity index (χ3n) is 3.79. The molecule has 2 atom stereocenters. The molecular weight excluding hydrogens is 261 g/mol. The van der Waals surface area contributed by atoms with Crippen LogP contribution >= 0.6 is 0 Å². The number of carbonyl (C=O) groups is 1. The predicted molar refractivity (Wildman–Crippen MR) is 65.0 cm³/mol. The van der Waals surface area contributed by atoms with Gasteiger partial charge in [-0.25, -0.2) is 0 Å². The number of carboxylic acid groups (broad SMARTS) is 1. The molecule has 0 saturated heterocycles. The Kier molecular flexibility index (Phi) is 5.20. The highest BCUT2D eigenvalue weighted by Gasteiger charge is 2.47. The Hall–Kier alpha value is -0.820. The lowest BCUT2D eigenvalue weighted by atomic mass is 9.98. The van der Waals surface area contributed by atoms with Crippen LogP contribution in [0.1, 0.15) is 32.6 Å². The lowest BCUT2D eigenvalue weighted by Crippen LogP contribution is -2.50. The smallest absolute Gasteiger partial charge is 0.401 e. The molecule has 2 unspecified atom stereocenters. The summed E-state index contributed by atoms with van der Waals surface area (Å²) in [4.78, 5) is 12.6. The molecule has 0 spiro atoms. The van der Waals surface area contributed by atoms with Crippen LogP contribution in [-0.2, 0) is 4.79 Å². The van der Waals surface area contributed by atoms with Crippen molar-refractivity contribution in [1.29, 1.82) is 0 Å². The van der Waals surface area contributed by atoms with Gasteiger partial charge in [0, 0.05) is 6.04 Å². The fourth-order valence-electron chi connectivity index (χ4n) is 2.77. The molecule has 0 heterocycles. The molecule has 0 amide bonds. The number of rotatable bonds is 6. The van der Waals surface area contributed by atoms with Crippen LogP contribution in [0.5, 0.6) is 0 Å². The second kappa shape index (κ2) is 6.09. The van der Waals surface area contributed by atoms with Gasteiger partial charge < -0.3 is 10.4 Å². The van der Waals surface area contributed by atoms with Crippen molar-refractivity contribution in [2.75, 3.05) is 20.1 Å². The van der Waals surface area contributed by atoms with Crippen molar-refractivity contribution in [3.05, 3.63) is 0 Å². The van der Waals surface area contributed by atoms with Crippen LogP contribution in [0, 0.1) is 0 Å². The standard InChI is InChI=1S/C12H21F3N2O2/c1-3-6-17(8-12(13,14)15)9-4-5-11(7-9,16-2)10(18)19/h9,16H,3-8H2,1-2H3,(H,18,19). The van der Waals surface area contributed by atoms with Crippen molar-refractivity contribution in [1.82, 2.24) is 10.2 Å². The molecule has 0 aromatic heterocycles. The van der Waals surface area contributed by atoms with E-state index >= 15 is 0 Å². The summed E-state index contributed by atoms with van der Waals surface area (Å²) in [7, 11) is 1.55. The number of alkyl halides is 3. The third kappa shape index (κ3) is 4.07. The number of hydrogen-bond donors (Lipinski definition) is 2. The zero-order valence-corrected chi connectivity index (χ0v) is 11.3. The summed E-state index contributed by atoms with van der Waals surface area (Å²) in [5.74, 6) is -0.985. The number of nitrogens with zero attached hydrogens (tertiary/aromatic N) is 1. The Bertz CT molecular complexity index is 323. The Labute approximate surface area is 111 Å². The molecule has 4 nitrogen and oxygen atoms in total. The van der Waals surface area contributed by atoms with E-state index < -0.39 is 24.2 Å². The van der Waals surface area contributed by atoms with Crippen molar-refractivity contribution in [3.8, 4) is 0 Å². The first-order valence-electron chi connectivity index (χ1n) is 6.47. The first-order chi connectivity index (χ1) is 8.74. The minimum absolute atomic E-state index is 0.217. The number of nitrogens with one attached hydrogen (secondary N) is 1. The van der Waals surface area contributed by atoms with Crippen LogP contribution < -0.4 is 5.32 Å². The van der Waals surface area contributed by atoms with Crippen LogP contribution in [0.15, 0.2) is 0 Å². The Morgan fingerprint density at radius 1 is 1.53 bits per heavy atom. The van der Waals surface area contributed by atoms with Gasteiger partial charge in [-0.1, -0.05) is 6.92 Å². The fraction of sp³-hybridized carbons (Fsp3) is 0.917. The number of carboxylic acids is 1. The van der Waals surface area contributed by atoms with E-state index in [9.17, 15) is 23.1 Å². The fourth-order valence-corrected chi connectivity index (χ4v) is 2.77. The van der Waals surface area contributed by atoms with Gasteiger partial charge in [-0.3, -0.25) is 9.69 Å². The van der Waals surface area contributed by atoms with Crippen molar-refractivity contribution in [2.45, 2.75) is 50.4 Å². The summed E-state index contributed by atoms with van der Waals surface area (Å²) < 4.78 is 37.6. The van der Waals surface area contributed by atoms with Crippen LogP contribution in [0.2, 0.25) is 0 Å². The van der Waals surface area contributed by atoms with E-state index in [0.717, 1.165) is 0 Å². The van der Waals surface area contributed by atoms with Crippen molar-refractivity contribution >= 4 is 5.97 Å². The van der Waals surface area contributed by atoms with Gasteiger partial charge in [-0.15, -0.1) is 0 Å². The maximum atomic E-state index is 12.5. The third-order valence-corrected chi connectivity index (χ3v) is 3.79. The first-order valence-corrected chi connectivity index (χ1v) is 6.47. The van der Waals surface area contributed by atoms with E-state index in [1.54, 1.807) is 7.05 Å². The van der Waals surface area contributed by atoms with E-state index in [2.05, 4.69) is 5.32 Å². The molecule has 7 heteroatoms. The average molecular weight is 282 g/mol. The topological polar surface area (TPSA) is 52.6 Å². The van der Waals surface area contributed by atoms with Gasteiger partial charge in [-0.05, 0) is 39.3 Å². The first kappa shape index (κ1) is 16.2. The number of halogens is 3. The van der Waals surface area contributed by atoms with Crippen LogP contribution in [-0.4, -0.2) is 53.9 Å². The highest BCUT2D eigenvalue weighted by Crippen LogP contribution is 2.34. The second-order valence-corrected chi connectivity index (χ2v) is 5.12. The molecule has 0 radical (unpaired) electrons. The summed E-state index contributed by atoms with van der Waals surface area (Å²) in [6.07, 6.45) is -2.57. The van der Waals surface area contributed by atoms with Gasteiger partial charge in [0.1, 0.15) is 5.54 Å². The number of likely N-dealkylation sites (N-methyl/N-ethyl adjacent to an activating group) is 1. The lowest BCUT2D eigenvalue weighted by Gasteiger charge is -2.31. The molecule has 0 aliphatic heterocycles. The van der Waals surface area contributed by atoms with Gasteiger partial charge in [0.05, 0.1) is 6.54 Å². The average Bonchev–Trinajstić information content (AvgIpc) is 2.72. The number of aliphatic carboxylic acids is 1. The van der Waals surface area contributed by atoms with E-state index in [1.807, 2.05) is 6.92 Å². The van der Waals surface area contributed by atoms with Crippen LogP contribution in [0.3, 0.4) is 0 Å². The Balaban J connectivity index is 2.75. The van der Waals surface area contributed by atoms with Crippen molar-refractivity contribution in [2.24, 2.45) is 0 Å². The second-order valence-electron chi connectivity index (χ2n) is 5.12. The quantitative estimate of drug-likeness (QED) is 0.781. The molecule has 0 bridgehead atoms. The summed E-state index contributed by atoms with van der Waals surface area (Å²) in [6, 6.07) is -0.329. The molecule has 0 aromatic rings. The highest BCUT2D eigenvalue weighted by molar-refractivity contribution is 5.79. The normalized spacial score (nSPS) is 28.0. The molecule has 112 valence electrons. The SMILES string of the molecule is CCCN(CC(F)(F)F)C1CCC(NC)(C(=O)O)C1. The largest absolute Gasteiger partial charge is 0.480 e. The summed E-state index contributed by atoms with van der Waals surface area (Å²) in [5.41, 5.74) is -1.08. The maximum absolute atomic E-state index is 12.5. The highest BCUT2D eigenvalue weighted by atomic mass is 19.4. The van der Waals surface area contributed by atoms with Gasteiger partial charge in [-0.2, -0.15) is 13.2 Å². The molecule has 0 aromatic carbocycles. The van der Waals surface area contributed by atoms with E-state index in [1.165, 1.54) is 4.90 Å². The molecule has 1 rings (SSSR count). The minimum Gasteiger partial charge on any atom is -0.480 e. The molecule has 1 saturated carbocycles. The summed E-state index contributed by atoms with van der Waals surface area (Å²) in [5, 5.41) is 12.0. The molecule has 1 fully saturated rings. The minimum atomic E-state index is -4.25. The van der Waals surface area contributed by atoms with Gasteiger partial charge >= 0.3 is 12.1 Å².